The highest BCUT2D eigenvalue weighted by atomic mass is 16.6. The predicted molar refractivity (Wildman–Crippen MR) is 143 cm³/mol. The fourth-order valence-electron chi connectivity index (χ4n) is 4.89. The zero-order valence-corrected chi connectivity index (χ0v) is 22.0. The summed E-state index contributed by atoms with van der Waals surface area (Å²) < 4.78 is 17.1. The lowest BCUT2D eigenvalue weighted by Gasteiger charge is -2.36. The molecular weight excluding hydrogens is 496 g/mol. The standard InChI is InChI=1S/C31H30N2O6/c1-30(2)25(24-12-8-5-9-13-24)33(29(36)39-30)28(35)31(3,26(34)27-32-18-19-37-27)38-20-21-14-16-23(17-15-21)22-10-6-4-7-11-22/h4-19,25-26,34H,20H2,1-3H3/t25-,26-,31-/m0/s1. The van der Waals surface area contributed by atoms with Crippen LogP contribution in [0.3, 0.4) is 0 Å². The first kappa shape index (κ1) is 26.3. The first-order chi connectivity index (χ1) is 18.7. The monoisotopic (exact) mass is 526 g/mol. The van der Waals surface area contributed by atoms with E-state index in [1.165, 1.54) is 19.4 Å². The van der Waals surface area contributed by atoms with Crippen LogP contribution >= 0.6 is 0 Å². The van der Waals surface area contributed by atoms with Gasteiger partial charge in [0.2, 0.25) is 5.89 Å². The molecule has 2 amide bonds. The molecule has 0 saturated carbocycles. The van der Waals surface area contributed by atoms with Crippen molar-refractivity contribution in [2.24, 2.45) is 0 Å². The first-order valence-corrected chi connectivity index (χ1v) is 12.7. The van der Waals surface area contributed by atoms with Crippen molar-refractivity contribution in [3.8, 4) is 11.1 Å². The van der Waals surface area contributed by atoms with E-state index in [9.17, 15) is 14.7 Å². The highest BCUT2D eigenvalue weighted by Gasteiger charge is 2.58. The van der Waals surface area contributed by atoms with Crippen molar-refractivity contribution in [2.45, 2.75) is 50.7 Å². The summed E-state index contributed by atoms with van der Waals surface area (Å²) in [6.45, 7) is 4.90. The Bertz CT molecular complexity index is 1420. The van der Waals surface area contributed by atoms with Crippen LogP contribution in [0.1, 0.15) is 49.9 Å². The maximum Gasteiger partial charge on any atom is 0.417 e. The molecule has 0 bridgehead atoms. The van der Waals surface area contributed by atoms with Crippen molar-refractivity contribution < 1.29 is 28.6 Å². The zero-order chi connectivity index (χ0) is 27.6. The van der Waals surface area contributed by atoms with Crippen LogP contribution in [0, 0.1) is 0 Å². The van der Waals surface area contributed by atoms with Crippen LogP contribution < -0.4 is 0 Å². The summed E-state index contributed by atoms with van der Waals surface area (Å²) in [5.74, 6) is -0.869. The van der Waals surface area contributed by atoms with Gasteiger partial charge < -0.3 is 19.0 Å². The number of imide groups is 1. The summed E-state index contributed by atoms with van der Waals surface area (Å²) in [6.07, 6.45) is 0.245. The van der Waals surface area contributed by atoms with Gasteiger partial charge in [-0.15, -0.1) is 0 Å². The number of rotatable bonds is 8. The van der Waals surface area contributed by atoms with Gasteiger partial charge in [0, 0.05) is 0 Å². The number of aliphatic hydroxyl groups is 1. The van der Waals surface area contributed by atoms with Crippen molar-refractivity contribution in [3.63, 3.8) is 0 Å². The van der Waals surface area contributed by atoms with Crippen molar-refractivity contribution >= 4 is 12.0 Å². The lowest BCUT2D eigenvalue weighted by Crippen LogP contribution is -2.54. The minimum Gasteiger partial charge on any atom is -0.446 e. The van der Waals surface area contributed by atoms with Gasteiger partial charge >= 0.3 is 6.09 Å². The Labute approximate surface area is 226 Å². The number of carbonyl (C=O) groups excluding carboxylic acids is 2. The molecule has 0 aliphatic carbocycles. The number of aliphatic hydroxyl groups excluding tert-OH is 1. The molecule has 4 aromatic rings. The van der Waals surface area contributed by atoms with E-state index in [2.05, 4.69) is 4.98 Å². The number of benzene rings is 3. The third-order valence-corrected chi connectivity index (χ3v) is 7.03. The molecule has 8 nitrogen and oxygen atoms in total. The molecule has 5 rings (SSSR count). The molecular formula is C31H30N2O6. The SMILES string of the molecule is CC1(C)OC(=O)N(C(=O)[C@@](C)(OCc2ccc(-c3ccccc3)cc2)[C@@H](O)c2ncco2)[C@H]1c1ccccc1. The van der Waals surface area contributed by atoms with E-state index in [-0.39, 0.29) is 12.5 Å². The van der Waals surface area contributed by atoms with E-state index in [1.807, 2.05) is 84.9 Å². The molecule has 2 heterocycles. The molecule has 0 unspecified atom stereocenters. The number of aromatic nitrogens is 1. The van der Waals surface area contributed by atoms with Crippen molar-refractivity contribution in [3.05, 3.63) is 114 Å². The molecule has 8 heteroatoms. The highest BCUT2D eigenvalue weighted by Crippen LogP contribution is 2.44. The van der Waals surface area contributed by atoms with Crippen molar-refractivity contribution in [2.75, 3.05) is 0 Å². The van der Waals surface area contributed by atoms with Crippen LogP contribution in [0.25, 0.3) is 11.1 Å². The summed E-state index contributed by atoms with van der Waals surface area (Å²) in [5.41, 5.74) is 0.645. The lowest BCUT2D eigenvalue weighted by atomic mass is 9.89. The van der Waals surface area contributed by atoms with E-state index < -0.39 is 35.3 Å². The zero-order valence-electron chi connectivity index (χ0n) is 22.0. The third kappa shape index (κ3) is 5.08. The molecule has 1 aliphatic heterocycles. The number of carbonyl (C=O) groups is 2. The smallest absolute Gasteiger partial charge is 0.417 e. The van der Waals surface area contributed by atoms with E-state index in [4.69, 9.17) is 13.9 Å². The Morgan fingerprint density at radius 1 is 1.03 bits per heavy atom. The van der Waals surface area contributed by atoms with Crippen LogP contribution in [-0.4, -0.2) is 38.2 Å². The molecule has 0 radical (unpaired) electrons. The van der Waals surface area contributed by atoms with Gasteiger partial charge in [0.1, 0.15) is 17.9 Å². The number of cyclic esters (lactones) is 1. The van der Waals surface area contributed by atoms with E-state index in [0.29, 0.717) is 5.56 Å². The van der Waals surface area contributed by atoms with Crippen LogP contribution in [0.2, 0.25) is 0 Å². The number of hydrogen-bond acceptors (Lipinski definition) is 7. The predicted octanol–water partition coefficient (Wildman–Crippen LogP) is 5.85. The fraction of sp³-hybridized carbons (Fsp3) is 0.258. The summed E-state index contributed by atoms with van der Waals surface area (Å²) in [6, 6.07) is 26.1. The van der Waals surface area contributed by atoms with Gasteiger partial charge in [0.05, 0.1) is 12.8 Å². The summed E-state index contributed by atoms with van der Waals surface area (Å²) in [7, 11) is 0. The van der Waals surface area contributed by atoms with Gasteiger partial charge in [-0.25, -0.2) is 14.7 Å². The molecule has 1 saturated heterocycles. The number of amides is 2. The van der Waals surface area contributed by atoms with E-state index in [0.717, 1.165) is 21.6 Å². The average molecular weight is 527 g/mol. The maximum absolute atomic E-state index is 14.2. The second kappa shape index (κ2) is 10.5. The number of oxazole rings is 1. The van der Waals surface area contributed by atoms with Gasteiger partial charge in [0.25, 0.3) is 5.91 Å². The van der Waals surface area contributed by atoms with Crippen molar-refractivity contribution in [1.82, 2.24) is 9.88 Å². The normalized spacial score (nSPS) is 18.8. The molecule has 39 heavy (non-hydrogen) atoms. The van der Waals surface area contributed by atoms with E-state index >= 15 is 0 Å². The third-order valence-electron chi connectivity index (χ3n) is 7.03. The minimum absolute atomic E-state index is 0.0165. The molecule has 3 aromatic carbocycles. The molecule has 3 atom stereocenters. The summed E-state index contributed by atoms with van der Waals surface area (Å²) in [5, 5.41) is 11.3. The second-order valence-electron chi connectivity index (χ2n) is 10.2. The Hall–Kier alpha value is -4.27. The van der Waals surface area contributed by atoms with Gasteiger partial charge in [-0.2, -0.15) is 0 Å². The molecule has 1 fully saturated rings. The maximum atomic E-state index is 14.2. The van der Waals surface area contributed by atoms with Gasteiger partial charge in [-0.3, -0.25) is 4.79 Å². The number of hydrogen-bond donors (Lipinski definition) is 1. The Morgan fingerprint density at radius 2 is 1.64 bits per heavy atom. The van der Waals surface area contributed by atoms with Gasteiger partial charge in [0.15, 0.2) is 11.7 Å². The summed E-state index contributed by atoms with van der Waals surface area (Å²) >= 11 is 0. The molecule has 0 spiro atoms. The topological polar surface area (TPSA) is 102 Å². The minimum atomic E-state index is -1.94. The van der Waals surface area contributed by atoms with E-state index in [1.54, 1.807) is 13.8 Å². The largest absolute Gasteiger partial charge is 0.446 e. The van der Waals surface area contributed by atoms with Gasteiger partial charge in [-0.1, -0.05) is 84.9 Å². The van der Waals surface area contributed by atoms with Crippen LogP contribution in [0.15, 0.2) is 102 Å². The number of nitrogens with zero attached hydrogens (tertiary/aromatic N) is 2. The van der Waals surface area contributed by atoms with Gasteiger partial charge in [-0.05, 0) is 43.0 Å². The summed E-state index contributed by atoms with van der Waals surface area (Å²) in [4.78, 5) is 32.4. The highest BCUT2D eigenvalue weighted by molar-refractivity contribution is 5.99. The Balaban J connectivity index is 1.46. The van der Waals surface area contributed by atoms with Crippen LogP contribution in [-0.2, 0) is 20.9 Å². The molecule has 1 aromatic heterocycles. The molecule has 200 valence electrons. The molecule has 1 N–H and O–H groups in total. The van der Waals surface area contributed by atoms with Crippen LogP contribution in [0.4, 0.5) is 4.79 Å². The second-order valence-corrected chi connectivity index (χ2v) is 10.2. The fourth-order valence-corrected chi connectivity index (χ4v) is 4.89. The first-order valence-electron chi connectivity index (χ1n) is 12.7. The van der Waals surface area contributed by atoms with Crippen molar-refractivity contribution in [1.29, 1.82) is 0 Å². The number of ether oxygens (including phenoxy) is 2. The molecule has 1 aliphatic rings. The Morgan fingerprint density at radius 3 is 2.26 bits per heavy atom. The van der Waals surface area contributed by atoms with Crippen LogP contribution in [0.5, 0.6) is 0 Å². The quantitative estimate of drug-likeness (QED) is 0.307. The lowest BCUT2D eigenvalue weighted by molar-refractivity contribution is -0.177. The Kier molecular flexibility index (Phi) is 7.08. The average Bonchev–Trinajstić information content (AvgIpc) is 3.57.